The lowest BCUT2D eigenvalue weighted by atomic mass is 10.0. The number of amides is 1. The zero-order chi connectivity index (χ0) is 18.7. The zero-order valence-electron chi connectivity index (χ0n) is 16.6. The summed E-state index contributed by atoms with van der Waals surface area (Å²) in [5.74, 6) is 0.252. The Morgan fingerprint density at radius 2 is 1.69 bits per heavy atom. The molecule has 0 aromatic heterocycles. The Morgan fingerprint density at radius 3 is 2.27 bits per heavy atom. The maximum Gasteiger partial charge on any atom is 0.239 e. The molecule has 0 saturated carbocycles. The highest BCUT2D eigenvalue weighted by atomic mass is 16.5. The van der Waals surface area contributed by atoms with Crippen LogP contribution in [-0.2, 0) is 9.53 Å². The van der Waals surface area contributed by atoms with E-state index in [0.717, 1.165) is 25.9 Å². The zero-order valence-corrected chi connectivity index (χ0v) is 16.6. The molecule has 0 N–H and O–H groups in total. The summed E-state index contributed by atoms with van der Waals surface area (Å²) in [6.07, 6.45) is 2.44. The van der Waals surface area contributed by atoms with Crippen LogP contribution in [-0.4, -0.2) is 73.2 Å². The van der Waals surface area contributed by atoms with Gasteiger partial charge in [0.15, 0.2) is 0 Å². The predicted octanol–water partition coefficient (Wildman–Crippen LogP) is 2.61. The lowest BCUT2D eigenvalue weighted by Gasteiger charge is -2.42. The van der Waals surface area contributed by atoms with Gasteiger partial charge in [-0.3, -0.25) is 9.69 Å². The molecule has 26 heavy (non-hydrogen) atoms. The number of hydrogen-bond donors (Lipinski definition) is 0. The second kappa shape index (κ2) is 8.40. The Labute approximate surface area is 157 Å². The number of hydrogen-bond acceptors (Lipinski definition) is 4. The second-order valence-corrected chi connectivity index (χ2v) is 7.89. The fourth-order valence-electron chi connectivity index (χ4n) is 4.31. The number of piperidine rings is 1. The number of para-hydroxylation sites is 1. The Balaban J connectivity index is 1.53. The molecule has 0 bridgehead atoms. The van der Waals surface area contributed by atoms with Crippen molar-refractivity contribution in [3.8, 4) is 0 Å². The summed E-state index contributed by atoms with van der Waals surface area (Å²) in [6, 6.07) is 11.1. The van der Waals surface area contributed by atoms with Gasteiger partial charge >= 0.3 is 0 Å². The molecule has 3 atom stereocenters. The molecular weight excluding hydrogens is 326 g/mol. The molecule has 0 unspecified atom stereocenters. The van der Waals surface area contributed by atoms with Gasteiger partial charge in [-0.25, -0.2) is 0 Å². The molecule has 1 amide bonds. The number of morpholine rings is 1. The molecule has 2 heterocycles. The monoisotopic (exact) mass is 359 g/mol. The summed E-state index contributed by atoms with van der Waals surface area (Å²) in [5.41, 5.74) is 1.27. The van der Waals surface area contributed by atoms with Crippen LogP contribution in [0.1, 0.15) is 33.6 Å². The maximum absolute atomic E-state index is 12.9. The molecule has 144 valence electrons. The molecule has 0 radical (unpaired) electrons. The molecule has 2 aliphatic rings. The summed E-state index contributed by atoms with van der Waals surface area (Å²) < 4.78 is 5.76. The van der Waals surface area contributed by atoms with Gasteiger partial charge in [0, 0.05) is 45.0 Å². The van der Waals surface area contributed by atoms with Crippen molar-refractivity contribution in [2.24, 2.45) is 0 Å². The highest BCUT2D eigenvalue weighted by Crippen LogP contribution is 2.23. The molecule has 0 spiro atoms. The van der Waals surface area contributed by atoms with Gasteiger partial charge < -0.3 is 14.5 Å². The Bertz CT molecular complexity index is 576. The minimum Gasteiger partial charge on any atom is -0.372 e. The highest BCUT2D eigenvalue weighted by molar-refractivity contribution is 5.81. The lowest BCUT2D eigenvalue weighted by molar-refractivity contribution is -0.148. The first kappa shape index (κ1) is 19.2. The van der Waals surface area contributed by atoms with Gasteiger partial charge in [-0.2, -0.15) is 0 Å². The van der Waals surface area contributed by atoms with Gasteiger partial charge in [-0.1, -0.05) is 18.2 Å². The van der Waals surface area contributed by atoms with Crippen molar-refractivity contribution in [2.45, 2.75) is 57.9 Å². The number of likely N-dealkylation sites (tertiary alicyclic amines) is 1. The smallest absolute Gasteiger partial charge is 0.239 e. The van der Waals surface area contributed by atoms with Gasteiger partial charge in [0.25, 0.3) is 0 Å². The van der Waals surface area contributed by atoms with Crippen molar-refractivity contribution in [1.29, 1.82) is 0 Å². The van der Waals surface area contributed by atoms with E-state index in [-0.39, 0.29) is 24.2 Å². The van der Waals surface area contributed by atoms with Crippen LogP contribution in [0.5, 0.6) is 0 Å². The van der Waals surface area contributed by atoms with Crippen molar-refractivity contribution < 1.29 is 9.53 Å². The predicted molar refractivity (Wildman–Crippen MR) is 105 cm³/mol. The van der Waals surface area contributed by atoms with Gasteiger partial charge in [0.1, 0.15) is 0 Å². The van der Waals surface area contributed by atoms with Crippen LogP contribution in [0.15, 0.2) is 30.3 Å². The van der Waals surface area contributed by atoms with E-state index in [9.17, 15) is 4.79 Å². The van der Waals surface area contributed by atoms with E-state index in [1.165, 1.54) is 5.69 Å². The number of carbonyl (C=O) groups is 1. The molecule has 5 nitrogen and oxygen atoms in total. The Morgan fingerprint density at radius 1 is 1.12 bits per heavy atom. The number of anilines is 1. The first-order valence-corrected chi connectivity index (χ1v) is 9.92. The summed E-state index contributed by atoms with van der Waals surface area (Å²) in [5, 5.41) is 0. The van der Waals surface area contributed by atoms with E-state index in [0.29, 0.717) is 19.1 Å². The van der Waals surface area contributed by atoms with Crippen LogP contribution in [0.4, 0.5) is 5.69 Å². The van der Waals surface area contributed by atoms with Crippen LogP contribution in [0, 0.1) is 0 Å². The van der Waals surface area contributed by atoms with E-state index in [4.69, 9.17) is 4.74 Å². The number of rotatable bonds is 4. The lowest BCUT2D eigenvalue weighted by Crippen LogP contribution is -2.56. The first-order chi connectivity index (χ1) is 12.5. The van der Waals surface area contributed by atoms with Crippen molar-refractivity contribution in [1.82, 2.24) is 9.80 Å². The summed E-state index contributed by atoms with van der Waals surface area (Å²) >= 11 is 0. The van der Waals surface area contributed by atoms with Gasteiger partial charge in [-0.15, -0.1) is 0 Å². The third-order valence-corrected chi connectivity index (χ3v) is 5.85. The Hall–Kier alpha value is -1.59. The summed E-state index contributed by atoms with van der Waals surface area (Å²) in [7, 11) is 2.18. The second-order valence-electron chi connectivity index (χ2n) is 7.89. The molecule has 2 aliphatic heterocycles. The molecule has 0 aliphatic carbocycles. The van der Waals surface area contributed by atoms with E-state index < -0.39 is 0 Å². The van der Waals surface area contributed by atoms with E-state index in [2.05, 4.69) is 54.1 Å². The highest BCUT2D eigenvalue weighted by Gasteiger charge is 2.33. The minimum absolute atomic E-state index is 0.0459. The van der Waals surface area contributed by atoms with Gasteiger partial charge in [0.05, 0.1) is 18.2 Å². The average molecular weight is 360 g/mol. The molecule has 2 saturated heterocycles. The molecular formula is C21H33N3O2. The minimum atomic E-state index is -0.0459. The third-order valence-electron chi connectivity index (χ3n) is 5.85. The van der Waals surface area contributed by atoms with Gasteiger partial charge in [0.2, 0.25) is 5.91 Å². The fourth-order valence-corrected chi connectivity index (χ4v) is 4.31. The van der Waals surface area contributed by atoms with E-state index in [1.807, 2.05) is 18.7 Å². The van der Waals surface area contributed by atoms with Crippen molar-refractivity contribution >= 4 is 11.6 Å². The number of ether oxygens (including phenoxy) is 1. The maximum atomic E-state index is 12.9. The standard InChI is InChI=1S/C21H33N3O2/c1-16-14-24(15-17(2)26-16)21(25)18(3)23-12-10-20(11-13-23)22(4)19-8-6-5-7-9-19/h5-9,16-18,20H,10-15H2,1-4H3/t16-,17-,18+/m1/s1. The van der Waals surface area contributed by atoms with Gasteiger partial charge in [-0.05, 0) is 45.7 Å². The first-order valence-electron chi connectivity index (χ1n) is 9.92. The molecule has 3 rings (SSSR count). The fraction of sp³-hybridized carbons (Fsp3) is 0.667. The summed E-state index contributed by atoms with van der Waals surface area (Å²) in [6.45, 7) is 9.53. The average Bonchev–Trinajstić information content (AvgIpc) is 2.66. The number of nitrogens with zero attached hydrogens (tertiary/aromatic N) is 3. The quantitative estimate of drug-likeness (QED) is 0.828. The van der Waals surface area contributed by atoms with Crippen LogP contribution < -0.4 is 4.90 Å². The SMILES string of the molecule is C[C@@H]1CN(C(=O)[C@H](C)N2CCC(N(C)c3ccccc3)CC2)C[C@@H](C)O1. The number of benzene rings is 1. The number of carbonyl (C=O) groups excluding carboxylic acids is 1. The van der Waals surface area contributed by atoms with Crippen molar-refractivity contribution in [3.63, 3.8) is 0 Å². The molecule has 1 aromatic rings. The normalized spacial score (nSPS) is 26.5. The van der Waals surface area contributed by atoms with Crippen molar-refractivity contribution in [3.05, 3.63) is 30.3 Å². The van der Waals surface area contributed by atoms with Crippen LogP contribution >= 0.6 is 0 Å². The Kier molecular flexibility index (Phi) is 6.20. The van der Waals surface area contributed by atoms with Crippen molar-refractivity contribution in [2.75, 3.05) is 38.1 Å². The van der Waals surface area contributed by atoms with Crippen LogP contribution in [0.3, 0.4) is 0 Å². The molecule has 2 fully saturated rings. The van der Waals surface area contributed by atoms with E-state index >= 15 is 0 Å². The van der Waals surface area contributed by atoms with E-state index in [1.54, 1.807) is 0 Å². The third kappa shape index (κ3) is 4.38. The van der Waals surface area contributed by atoms with Crippen LogP contribution in [0.25, 0.3) is 0 Å². The van der Waals surface area contributed by atoms with Crippen LogP contribution in [0.2, 0.25) is 0 Å². The molecule has 5 heteroatoms. The molecule has 1 aromatic carbocycles. The largest absolute Gasteiger partial charge is 0.372 e. The topological polar surface area (TPSA) is 36.0 Å². The summed E-state index contributed by atoms with van der Waals surface area (Å²) in [4.78, 5) is 19.7.